The van der Waals surface area contributed by atoms with Gasteiger partial charge in [0.05, 0.1) is 5.69 Å². The van der Waals surface area contributed by atoms with E-state index in [0.29, 0.717) is 30.8 Å². The van der Waals surface area contributed by atoms with Crippen LogP contribution in [0.15, 0.2) is 35.6 Å². The zero-order valence-electron chi connectivity index (χ0n) is 17.0. The predicted octanol–water partition coefficient (Wildman–Crippen LogP) is 1.25. The molecule has 0 atom stereocenters. The van der Waals surface area contributed by atoms with Gasteiger partial charge < -0.3 is 15.2 Å². The normalized spacial score (nSPS) is 15.2. The molecular formula is C20H21FN6O4. The Morgan fingerprint density at radius 1 is 1.39 bits per heavy atom. The number of carbonyl (C=O) groups is 1. The first-order valence-corrected chi connectivity index (χ1v) is 9.68. The van der Waals surface area contributed by atoms with Crippen molar-refractivity contribution in [2.75, 3.05) is 6.61 Å². The van der Waals surface area contributed by atoms with Crippen LogP contribution in [-0.2, 0) is 23.4 Å². The Morgan fingerprint density at radius 3 is 2.94 bits per heavy atom. The maximum atomic E-state index is 13.7. The van der Waals surface area contributed by atoms with Crippen LogP contribution in [0.1, 0.15) is 42.1 Å². The highest BCUT2D eigenvalue weighted by Gasteiger charge is 2.33. The second-order valence-corrected chi connectivity index (χ2v) is 7.60. The Kier molecular flexibility index (Phi) is 5.27. The summed E-state index contributed by atoms with van der Waals surface area (Å²) in [5.41, 5.74) is -1.05. The highest BCUT2D eigenvalue weighted by Crippen LogP contribution is 2.27. The Morgan fingerprint density at radius 2 is 2.19 bits per heavy atom. The Hall–Kier alpha value is -3.60. The molecular weight excluding hydrogens is 407 g/mol. The summed E-state index contributed by atoms with van der Waals surface area (Å²) in [6, 6.07) is 4.02. The third-order valence-electron chi connectivity index (χ3n) is 5.04. The average Bonchev–Trinajstić information content (AvgIpc) is 3.22. The first-order chi connectivity index (χ1) is 14.8. The fourth-order valence-corrected chi connectivity index (χ4v) is 3.48. The van der Waals surface area contributed by atoms with Gasteiger partial charge in [-0.15, -0.1) is 0 Å². The number of carbonyl (C=O) groups excluding carboxylic acids is 1. The summed E-state index contributed by atoms with van der Waals surface area (Å²) in [5.74, 6) is -1.68. The van der Waals surface area contributed by atoms with E-state index in [9.17, 15) is 19.1 Å². The number of benzene rings is 1. The van der Waals surface area contributed by atoms with Gasteiger partial charge in [0.25, 0.3) is 11.5 Å². The molecule has 0 radical (unpaired) electrons. The van der Waals surface area contributed by atoms with Crippen molar-refractivity contribution in [2.24, 2.45) is 0 Å². The lowest BCUT2D eigenvalue weighted by atomic mass is 10.1. The number of fused-ring (bicyclic) bond motifs is 1. The Labute approximate surface area is 176 Å². The first kappa shape index (κ1) is 20.7. The second kappa shape index (κ2) is 7.91. The van der Waals surface area contributed by atoms with Crippen LogP contribution in [0.25, 0.3) is 5.69 Å². The maximum absolute atomic E-state index is 13.7. The van der Waals surface area contributed by atoms with E-state index in [1.165, 1.54) is 40.1 Å². The molecule has 0 spiro atoms. The summed E-state index contributed by atoms with van der Waals surface area (Å²) in [6.45, 7) is 4.23. The monoisotopic (exact) mass is 428 g/mol. The molecule has 31 heavy (non-hydrogen) atoms. The average molecular weight is 428 g/mol. The van der Waals surface area contributed by atoms with Gasteiger partial charge in [0.15, 0.2) is 5.69 Å². The molecule has 0 saturated carbocycles. The molecule has 3 heterocycles. The number of nitrogens with one attached hydrogen (secondary N) is 1. The van der Waals surface area contributed by atoms with Crippen molar-refractivity contribution in [2.45, 2.75) is 39.0 Å². The van der Waals surface area contributed by atoms with Crippen molar-refractivity contribution >= 4 is 5.91 Å². The van der Waals surface area contributed by atoms with Crippen LogP contribution in [0, 0.1) is 5.82 Å². The molecule has 1 aromatic carbocycles. The summed E-state index contributed by atoms with van der Waals surface area (Å²) >= 11 is 0. The van der Waals surface area contributed by atoms with Crippen LogP contribution >= 0.6 is 0 Å². The van der Waals surface area contributed by atoms with Crippen LogP contribution < -0.4 is 10.9 Å². The van der Waals surface area contributed by atoms with Crippen molar-refractivity contribution in [1.82, 2.24) is 29.6 Å². The van der Waals surface area contributed by atoms with Crippen molar-refractivity contribution < 1.29 is 19.0 Å². The molecule has 2 aromatic heterocycles. The van der Waals surface area contributed by atoms with Gasteiger partial charge in [-0.1, -0.05) is 6.07 Å². The standard InChI is InChI=1S/C20H21FN6O4/c1-20(2)19-25-15(16(28)18(30)26(19)6-3-7-31-20)17(29)23-9-12-4-5-13(21)8-14(12)27-11-22-10-24-27/h4-5,8,10-11,28H,3,6-7,9H2,1-2H3,(H,23,29). The topological polar surface area (TPSA) is 124 Å². The molecule has 1 aliphatic heterocycles. The highest BCUT2D eigenvalue weighted by molar-refractivity contribution is 5.94. The van der Waals surface area contributed by atoms with Gasteiger partial charge in [0.2, 0.25) is 5.75 Å². The van der Waals surface area contributed by atoms with E-state index < -0.39 is 28.6 Å². The lowest BCUT2D eigenvalue weighted by Gasteiger charge is -2.24. The molecule has 0 bridgehead atoms. The molecule has 0 fully saturated rings. The molecule has 10 nitrogen and oxygen atoms in total. The van der Waals surface area contributed by atoms with Crippen molar-refractivity contribution in [3.8, 4) is 11.4 Å². The summed E-state index contributed by atoms with van der Waals surface area (Å²) in [6.07, 6.45) is 3.30. The van der Waals surface area contributed by atoms with Crippen LogP contribution in [-0.4, -0.2) is 41.9 Å². The van der Waals surface area contributed by atoms with E-state index in [1.54, 1.807) is 13.8 Å². The third-order valence-corrected chi connectivity index (χ3v) is 5.04. The van der Waals surface area contributed by atoms with Gasteiger partial charge in [0, 0.05) is 19.7 Å². The number of hydrogen-bond donors (Lipinski definition) is 2. The van der Waals surface area contributed by atoms with Crippen LogP contribution in [0.3, 0.4) is 0 Å². The number of rotatable bonds is 4. The third kappa shape index (κ3) is 3.91. The largest absolute Gasteiger partial charge is 0.501 e. The number of aromatic hydroxyl groups is 1. The Bertz CT molecular complexity index is 1190. The fraction of sp³-hybridized carbons (Fsp3) is 0.350. The van der Waals surface area contributed by atoms with Gasteiger partial charge >= 0.3 is 0 Å². The minimum atomic E-state index is -0.907. The quantitative estimate of drug-likeness (QED) is 0.641. The minimum absolute atomic E-state index is 0.0201. The zero-order chi connectivity index (χ0) is 22.2. The lowest BCUT2D eigenvalue weighted by molar-refractivity contribution is -0.0227. The van der Waals surface area contributed by atoms with Crippen LogP contribution in [0.5, 0.6) is 5.75 Å². The molecule has 0 saturated heterocycles. The summed E-state index contributed by atoms with van der Waals surface area (Å²) in [4.78, 5) is 33.6. The summed E-state index contributed by atoms with van der Waals surface area (Å²) < 4.78 is 22.2. The number of ether oxygens (including phenoxy) is 1. The van der Waals surface area contributed by atoms with Gasteiger partial charge in [0.1, 0.15) is 29.9 Å². The highest BCUT2D eigenvalue weighted by atomic mass is 19.1. The van der Waals surface area contributed by atoms with Gasteiger partial charge in [-0.2, -0.15) is 5.10 Å². The number of amides is 1. The number of aromatic nitrogens is 5. The van der Waals surface area contributed by atoms with Crippen LogP contribution in [0.2, 0.25) is 0 Å². The zero-order valence-corrected chi connectivity index (χ0v) is 17.0. The van der Waals surface area contributed by atoms with E-state index in [-0.39, 0.29) is 18.1 Å². The van der Waals surface area contributed by atoms with Crippen molar-refractivity contribution in [3.63, 3.8) is 0 Å². The number of nitrogens with zero attached hydrogens (tertiary/aromatic N) is 5. The molecule has 2 N–H and O–H groups in total. The van der Waals surface area contributed by atoms with E-state index in [2.05, 4.69) is 20.4 Å². The fourth-order valence-electron chi connectivity index (χ4n) is 3.48. The second-order valence-electron chi connectivity index (χ2n) is 7.60. The van der Waals surface area contributed by atoms with Crippen molar-refractivity contribution in [3.05, 3.63) is 64.1 Å². The SMILES string of the molecule is CC1(C)OCCCn2c1nc(C(=O)NCc1ccc(F)cc1-n1cncn1)c(O)c2=O. The van der Waals surface area contributed by atoms with E-state index in [0.717, 1.165) is 0 Å². The Balaban J connectivity index is 1.65. The molecule has 0 unspecified atom stereocenters. The van der Waals surface area contributed by atoms with E-state index in [1.807, 2.05) is 0 Å². The van der Waals surface area contributed by atoms with Gasteiger partial charge in [-0.25, -0.2) is 19.0 Å². The van der Waals surface area contributed by atoms with Gasteiger partial charge in [-0.3, -0.25) is 14.2 Å². The van der Waals surface area contributed by atoms with Crippen LogP contribution in [0.4, 0.5) is 4.39 Å². The van der Waals surface area contributed by atoms with E-state index >= 15 is 0 Å². The molecule has 1 aliphatic rings. The molecule has 0 aliphatic carbocycles. The molecule has 3 aromatic rings. The maximum Gasteiger partial charge on any atom is 0.296 e. The molecule has 1 amide bonds. The van der Waals surface area contributed by atoms with E-state index in [4.69, 9.17) is 4.74 Å². The summed E-state index contributed by atoms with van der Waals surface area (Å²) in [5, 5.41) is 17.0. The smallest absolute Gasteiger partial charge is 0.296 e. The number of hydrogen-bond acceptors (Lipinski definition) is 7. The summed E-state index contributed by atoms with van der Waals surface area (Å²) in [7, 11) is 0. The first-order valence-electron chi connectivity index (χ1n) is 9.68. The minimum Gasteiger partial charge on any atom is -0.501 e. The lowest BCUT2D eigenvalue weighted by Crippen LogP contribution is -2.35. The molecule has 11 heteroatoms. The molecule has 162 valence electrons. The van der Waals surface area contributed by atoms with Gasteiger partial charge in [-0.05, 0) is 38.0 Å². The number of halogens is 1. The van der Waals surface area contributed by atoms with Crippen molar-refractivity contribution in [1.29, 1.82) is 0 Å². The molecule has 4 rings (SSSR count). The predicted molar refractivity (Wildman–Crippen MR) is 106 cm³/mol.